The van der Waals surface area contributed by atoms with Crippen LogP contribution in [0.3, 0.4) is 0 Å². The number of likely N-dealkylation sites (N-methyl/N-ethyl adjacent to an activating group) is 1. The van der Waals surface area contributed by atoms with Crippen LogP contribution in [0.4, 0.5) is 0 Å². The van der Waals surface area contributed by atoms with Crippen molar-refractivity contribution in [3.05, 3.63) is 24.2 Å². The molecule has 1 aliphatic heterocycles. The summed E-state index contributed by atoms with van der Waals surface area (Å²) < 4.78 is 33.8. The normalized spacial score (nSPS) is 17.5. The maximum Gasteiger partial charge on any atom is 0.282 e. The predicted molar refractivity (Wildman–Crippen MR) is 117 cm³/mol. The van der Waals surface area contributed by atoms with Crippen molar-refractivity contribution in [3.8, 4) is 0 Å². The summed E-state index contributed by atoms with van der Waals surface area (Å²) in [6.45, 7) is 13.2. The van der Waals surface area contributed by atoms with Gasteiger partial charge in [-0.3, -0.25) is 14.6 Å². The van der Waals surface area contributed by atoms with E-state index in [0.29, 0.717) is 45.8 Å². The molecule has 10 heteroatoms. The summed E-state index contributed by atoms with van der Waals surface area (Å²) in [5, 5.41) is 3.02. The monoisotopic (exact) mass is 443 g/mol. The quantitative estimate of drug-likeness (QED) is 0.518. The topological polar surface area (TPSA) is 89.3 Å². The number of piperazine rings is 1. The fraction of sp³-hybridized carbons (Fsp3) is 0.750. The van der Waals surface area contributed by atoms with Gasteiger partial charge in [0.1, 0.15) is 5.76 Å². The largest absolute Gasteiger partial charge is 0.468 e. The maximum absolute atomic E-state index is 12.6. The molecule has 0 saturated carbocycles. The molecule has 2 rings (SSSR count). The molecule has 9 nitrogen and oxygen atoms in total. The average Bonchev–Trinajstić information content (AvgIpc) is 3.26. The van der Waals surface area contributed by atoms with Crippen molar-refractivity contribution < 1.29 is 17.6 Å². The van der Waals surface area contributed by atoms with E-state index in [1.54, 1.807) is 6.26 Å². The second-order valence-electron chi connectivity index (χ2n) is 7.32. The Labute approximate surface area is 181 Å². The molecule has 1 aromatic rings. The van der Waals surface area contributed by atoms with Gasteiger partial charge in [0, 0.05) is 45.8 Å². The standard InChI is InChI=1S/C20H37N5O4S/c1-5-23(6-2)18(19-10-9-15-29-19)16-21-20(26)17-22-11-13-25(14-12-22)30(27,28)24(7-3)8-4/h9-10,15,18H,5-8,11-14,16-17H2,1-4H3,(H,21,26). The van der Waals surface area contributed by atoms with Crippen molar-refractivity contribution in [1.29, 1.82) is 0 Å². The van der Waals surface area contributed by atoms with Gasteiger partial charge >= 0.3 is 0 Å². The molecule has 1 saturated heterocycles. The van der Waals surface area contributed by atoms with Crippen LogP contribution in [0, 0.1) is 0 Å². The summed E-state index contributed by atoms with van der Waals surface area (Å²) in [4.78, 5) is 16.8. The van der Waals surface area contributed by atoms with Crippen molar-refractivity contribution in [2.24, 2.45) is 0 Å². The molecular formula is C20H37N5O4S. The maximum atomic E-state index is 12.6. The lowest BCUT2D eigenvalue weighted by Crippen LogP contribution is -2.54. The smallest absolute Gasteiger partial charge is 0.282 e. The highest BCUT2D eigenvalue weighted by atomic mass is 32.2. The molecule has 0 aromatic carbocycles. The summed E-state index contributed by atoms with van der Waals surface area (Å²) in [5.41, 5.74) is 0. The average molecular weight is 444 g/mol. The van der Waals surface area contributed by atoms with Crippen molar-refractivity contribution >= 4 is 16.1 Å². The zero-order valence-corrected chi connectivity index (χ0v) is 19.5. The Bertz CT molecular complexity index is 724. The van der Waals surface area contributed by atoms with Crippen LogP contribution in [0.2, 0.25) is 0 Å². The number of nitrogens with one attached hydrogen (secondary N) is 1. The van der Waals surface area contributed by atoms with E-state index in [9.17, 15) is 13.2 Å². The number of hydrogen-bond donors (Lipinski definition) is 1. The molecule has 0 bridgehead atoms. The van der Waals surface area contributed by atoms with E-state index in [2.05, 4.69) is 24.1 Å². The number of amides is 1. The van der Waals surface area contributed by atoms with Crippen molar-refractivity contribution in [2.45, 2.75) is 33.7 Å². The van der Waals surface area contributed by atoms with Gasteiger partial charge in [0.05, 0.1) is 18.8 Å². The molecule has 1 aliphatic rings. The summed E-state index contributed by atoms with van der Waals surface area (Å²) >= 11 is 0. The highest BCUT2D eigenvalue weighted by Crippen LogP contribution is 2.20. The van der Waals surface area contributed by atoms with Gasteiger partial charge in [-0.1, -0.05) is 27.7 Å². The van der Waals surface area contributed by atoms with Crippen molar-refractivity contribution in [2.75, 3.05) is 65.4 Å². The van der Waals surface area contributed by atoms with E-state index in [4.69, 9.17) is 4.42 Å². The Morgan fingerprint density at radius 1 is 1.10 bits per heavy atom. The highest BCUT2D eigenvalue weighted by Gasteiger charge is 2.31. The number of rotatable bonds is 12. The number of furan rings is 1. The Kier molecular flexibility index (Phi) is 9.76. The van der Waals surface area contributed by atoms with Crippen molar-refractivity contribution in [1.82, 2.24) is 23.7 Å². The van der Waals surface area contributed by atoms with E-state index in [1.165, 1.54) is 8.61 Å². The van der Waals surface area contributed by atoms with E-state index in [-0.39, 0.29) is 18.5 Å². The van der Waals surface area contributed by atoms with Gasteiger partial charge in [-0.15, -0.1) is 0 Å². The molecule has 172 valence electrons. The van der Waals surface area contributed by atoms with Crippen LogP contribution in [0.25, 0.3) is 0 Å². The minimum absolute atomic E-state index is 0.00462. The first-order chi connectivity index (χ1) is 14.4. The third-order valence-electron chi connectivity index (χ3n) is 5.67. The van der Waals surface area contributed by atoms with Crippen LogP contribution in [-0.2, 0) is 15.0 Å². The van der Waals surface area contributed by atoms with Crippen LogP contribution in [-0.4, -0.2) is 98.2 Å². The summed E-state index contributed by atoms with van der Waals surface area (Å²) in [6, 6.07) is 3.79. The van der Waals surface area contributed by atoms with Crippen LogP contribution in [0.15, 0.2) is 22.8 Å². The molecule has 1 aromatic heterocycles. The van der Waals surface area contributed by atoms with E-state index >= 15 is 0 Å². The van der Waals surface area contributed by atoms with Gasteiger partial charge in [-0.2, -0.15) is 17.0 Å². The molecule has 1 N–H and O–H groups in total. The Balaban J connectivity index is 1.84. The second-order valence-corrected chi connectivity index (χ2v) is 9.25. The summed E-state index contributed by atoms with van der Waals surface area (Å²) in [7, 11) is -3.41. The molecule has 1 atom stereocenters. The predicted octanol–water partition coefficient (Wildman–Crippen LogP) is 0.983. The molecular weight excluding hydrogens is 406 g/mol. The first-order valence-corrected chi connectivity index (χ1v) is 12.3. The Morgan fingerprint density at radius 3 is 2.23 bits per heavy atom. The fourth-order valence-corrected chi connectivity index (χ4v) is 5.46. The minimum atomic E-state index is -3.41. The lowest BCUT2D eigenvalue weighted by Gasteiger charge is -2.36. The SMILES string of the molecule is CCN(CC)C(CNC(=O)CN1CCN(S(=O)(=O)N(CC)CC)CC1)c1ccco1. The first kappa shape index (κ1) is 24.8. The molecule has 30 heavy (non-hydrogen) atoms. The first-order valence-electron chi connectivity index (χ1n) is 10.9. The zero-order chi connectivity index (χ0) is 22.1. The van der Waals surface area contributed by atoms with Crippen molar-refractivity contribution in [3.63, 3.8) is 0 Å². The summed E-state index contributed by atoms with van der Waals surface area (Å²) in [6.07, 6.45) is 1.65. The van der Waals surface area contributed by atoms with E-state index in [0.717, 1.165) is 18.8 Å². The molecule has 2 heterocycles. The number of hydrogen-bond acceptors (Lipinski definition) is 6. The molecule has 0 aliphatic carbocycles. The molecule has 1 fully saturated rings. The molecule has 1 unspecified atom stereocenters. The lowest BCUT2D eigenvalue weighted by molar-refractivity contribution is -0.122. The Morgan fingerprint density at radius 2 is 1.73 bits per heavy atom. The van der Waals surface area contributed by atoms with Crippen LogP contribution in [0.1, 0.15) is 39.5 Å². The number of carbonyl (C=O) groups excluding carboxylic acids is 1. The van der Waals surface area contributed by atoms with Gasteiger partial charge < -0.3 is 9.73 Å². The van der Waals surface area contributed by atoms with Gasteiger partial charge in [-0.25, -0.2) is 0 Å². The van der Waals surface area contributed by atoms with E-state index < -0.39 is 10.2 Å². The van der Waals surface area contributed by atoms with Gasteiger partial charge in [0.15, 0.2) is 0 Å². The molecule has 1 amide bonds. The van der Waals surface area contributed by atoms with Gasteiger partial charge in [0.25, 0.3) is 10.2 Å². The third-order valence-corrected chi connectivity index (χ3v) is 7.86. The Hall–Kier alpha value is -1.46. The van der Waals surface area contributed by atoms with E-state index in [1.807, 2.05) is 30.9 Å². The lowest BCUT2D eigenvalue weighted by atomic mass is 10.2. The summed E-state index contributed by atoms with van der Waals surface area (Å²) in [5.74, 6) is 0.785. The third kappa shape index (κ3) is 6.27. The van der Waals surface area contributed by atoms with Crippen LogP contribution < -0.4 is 5.32 Å². The number of carbonyl (C=O) groups is 1. The van der Waals surface area contributed by atoms with Crippen LogP contribution in [0.5, 0.6) is 0 Å². The van der Waals surface area contributed by atoms with Gasteiger partial charge in [0.2, 0.25) is 5.91 Å². The van der Waals surface area contributed by atoms with Gasteiger partial charge in [-0.05, 0) is 25.2 Å². The van der Waals surface area contributed by atoms with Crippen LogP contribution >= 0.6 is 0 Å². The molecule has 0 spiro atoms. The zero-order valence-electron chi connectivity index (χ0n) is 18.7. The highest BCUT2D eigenvalue weighted by molar-refractivity contribution is 7.86. The number of nitrogens with zero attached hydrogens (tertiary/aromatic N) is 4. The second kappa shape index (κ2) is 11.8. The fourth-order valence-electron chi connectivity index (χ4n) is 3.86. The minimum Gasteiger partial charge on any atom is -0.468 e. The molecule has 0 radical (unpaired) electrons.